The highest BCUT2D eigenvalue weighted by Gasteiger charge is 2.46. The first-order chi connectivity index (χ1) is 27.0. The van der Waals surface area contributed by atoms with E-state index in [0.717, 1.165) is 48.2 Å². The van der Waals surface area contributed by atoms with E-state index in [9.17, 15) is 57.9 Å². The number of anilines is 2. The number of carboxylic acids is 1. The fourth-order valence-corrected chi connectivity index (χ4v) is 13.6. The van der Waals surface area contributed by atoms with E-state index in [1.54, 1.807) is 0 Å². The highest BCUT2D eigenvalue weighted by Crippen LogP contribution is 2.43. The third-order valence-corrected chi connectivity index (χ3v) is 16.7. The zero-order chi connectivity index (χ0) is 42.1. The van der Waals surface area contributed by atoms with Crippen LogP contribution in [0.1, 0.15) is 42.4 Å². The number of carbonyl (C=O) groups excluding carboxylic acids is 1. The zero-order valence-corrected chi connectivity index (χ0v) is 35.1. The van der Waals surface area contributed by atoms with Gasteiger partial charge in [0.05, 0.1) is 12.5 Å². The van der Waals surface area contributed by atoms with Crippen LogP contribution in [0.5, 0.6) is 0 Å². The van der Waals surface area contributed by atoms with Gasteiger partial charge in [-0.15, -0.1) is 31.5 Å². The Morgan fingerprint density at radius 2 is 1.60 bits per heavy atom. The summed E-state index contributed by atoms with van der Waals surface area (Å²) in [5.41, 5.74) is -0.0710. The average Bonchev–Trinajstić information content (AvgIpc) is 3.69. The Bertz CT molecular complexity index is 2780. The molecule has 0 saturated heterocycles. The van der Waals surface area contributed by atoms with E-state index in [2.05, 4.69) is 24.2 Å². The number of fused-ring (bicyclic) bond motifs is 2. The molecule has 19 nitrogen and oxygen atoms in total. The fourth-order valence-electron chi connectivity index (χ4n) is 7.01. The molecule has 1 aromatic carbocycles. The Morgan fingerprint density at radius 3 is 2.19 bits per heavy atom. The van der Waals surface area contributed by atoms with E-state index in [4.69, 9.17) is 0 Å². The normalized spacial score (nSPS) is 20.9. The van der Waals surface area contributed by atoms with Crippen molar-refractivity contribution < 1.29 is 57.9 Å². The van der Waals surface area contributed by atoms with Crippen LogP contribution in [0, 0.1) is 11.7 Å². The maximum atomic E-state index is 14.1. The molecule has 0 radical (unpaired) electrons. The minimum absolute atomic E-state index is 0.00438. The van der Waals surface area contributed by atoms with Gasteiger partial charge < -0.3 is 25.7 Å². The number of sulfonamides is 4. The number of nitrogens with zero attached hydrogens (tertiary/aromatic N) is 4. The van der Waals surface area contributed by atoms with Crippen molar-refractivity contribution in [3.05, 3.63) is 68.9 Å². The monoisotopic (exact) mass is 919 g/mol. The first-order valence-corrected chi connectivity index (χ1v) is 25.5. The number of amides is 1. The maximum absolute atomic E-state index is 14.1. The van der Waals surface area contributed by atoms with Crippen molar-refractivity contribution in [3.63, 3.8) is 0 Å². The number of aliphatic carboxylic acids is 1. The lowest BCUT2D eigenvalue weighted by atomic mass is 9.76. The van der Waals surface area contributed by atoms with Crippen molar-refractivity contribution in [3.8, 4) is 0 Å². The molecule has 3 aromatic rings. The van der Waals surface area contributed by atoms with Crippen LogP contribution >= 0.6 is 22.7 Å². The second kappa shape index (κ2) is 15.1. The molecule has 1 aliphatic carbocycles. The molecule has 5 N–H and O–H groups in total. The molecule has 1 saturated carbocycles. The van der Waals surface area contributed by atoms with E-state index < -0.39 is 116 Å². The van der Waals surface area contributed by atoms with Crippen molar-refractivity contribution >= 4 is 96.3 Å². The van der Waals surface area contributed by atoms with Gasteiger partial charge in [0.1, 0.15) is 36.9 Å². The molecule has 58 heavy (non-hydrogen) atoms. The van der Waals surface area contributed by atoms with Crippen molar-refractivity contribution in [2.45, 2.75) is 67.2 Å². The van der Waals surface area contributed by atoms with E-state index in [1.807, 2.05) is 0 Å². The SMILES string of the molecule is CS(=O)(=O)NCc1csc2c1S(=O)(=O)N=C(C(C(=O)O)N(Cc1csc3c1S(=O)(=O)N=C(C1=C(O)CC(C4CCC4)N(Cc4ccc(F)cc4)C1=O)N3)S(C)(=O)=O)N2. The Balaban J connectivity index is 1.20. The van der Waals surface area contributed by atoms with Gasteiger partial charge in [-0.1, -0.05) is 18.6 Å². The number of hydrogen-bond acceptors (Lipinski definition) is 15. The zero-order valence-electron chi connectivity index (χ0n) is 30.2. The third-order valence-electron chi connectivity index (χ3n) is 9.87. The number of carboxylic acid groups (broad SMARTS) is 1. The predicted octanol–water partition coefficient (Wildman–Crippen LogP) is 2.35. The number of aliphatic hydroxyl groups is 1. The molecule has 5 heterocycles. The summed E-state index contributed by atoms with van der Waals surface area (Å²) >= 11 is 1.53. The van der Waals surface area contributed by atoms with Crippen LogP contribution < -0.4 is 15.4 Å². The summed E-state index contributed by atoms with van der Waals surface area (Å²) in [6.45, 7) is -1.34. The third kappa shape index (κ3) is 8.15. The molecular weight excluding hydrogens is 886 g/mol. The summed E-state index contributed by atoms with van der Waals surface area (Å²) in [5, 5.41) is 29.1. The molecule has 26 heteroatoms. The number of benzene rings is 1. The van der Waals surface area contributed by atoms with Crippen LogP contribution in [0.25, 0.3) is 0 Å². The smallest absolute Gasteiger partial charge is 0.329 e. The molecule has 312 valence electrons. The molecule has 1 fully saturated rings. The van der Waals surface area contributed by atoms with Gasteiger partial charge in [-0.05, 0) is 47.2 Å². The first-order valence-electron chi connectivity index (χ1n) is 17.1. The number of thiophene rings is 2. The van der Waals surface area contributed by atoms with E-state index in [-0.39, 0.29) is 40.0 Å². The number of halogens is 1. The van der Waals surface area contributed by atoms with Gasteiger partial charge in [0.15, 0.2) is 17.7 Å². The number of amidine groups is 2. The first kappa shape index (κ1) is 41.8. The standard InChI is InChI=1S/C32H34FN7O12S6/c1-55(45,46)34-11-18-14-53-29-25(18)57(49,50)38-28(36-29)24(32(43)44)40(56(2,47)48)13-19-15-54-30-26(19)58(51,52)37-27(35-30)23-22(41)10-21(17-4-3-5-17)39(31(23)42)12-16-6-8-20(33)9-7-16/h6-9,14-15,17,21,24,34,41H,3-5,10-13H2,1-2H3,(H,35,37)(H,36,38)(H,43,44). The molecule has 0 spiro atoms. The molecule has 7 rings (SSSR count). The van der Waals surface area contributed by atoms with Crippen molar-refractivity contribution in [2.75, 3.05) is 23.1 Å². The van der Waals surface area contributed by atoms with E-state index in [1.165, 1.54) is 39.9 Å². The van der Waals surface area contributed by atoms with Crippen molar-refractivity contribution in [1.29, 1.82) is 0 Å². The fraction of sp³-hybridized carbons (Fsp3) is 0.375. The number of nitrogens with one attached hydrogen (secondary N) is 3. The van der Waals surface area contributed by atoms with Crippen LogP contribution in [0.4, 0.5) is 14.4 Å². The van der Waals surface area contributed by atoms with Gasteiger partial charge in [0.25, 0.3) is 26.0 Å². The van der Waals surface area contributed by atoms with Crippen LogP contribution in [0.2, 0.25) is 0 Å². The maximum Gasteiger partial charge on any atom is 0.329 e. The van der Waals surface area contributed by atoms with Crippen LogP contribution in [0.15, 0.2) is 64.9 Å². The molecule has 2 aromatic heterocycles. The molecule has 2 unspecified atom stereocenters. The lowest BCUT2D eigenvalue weighted by Gasteiger charge is -2.44. The van der Waals surface area contributed by atoms with E-state index >= 15 is 0 Å². The summed E-state index contributed by atoms with van der Waals surface area (Å²) in [4.78, 5) is 27.4. The van der Waals surface area contributed by atoms with Crippen molar-refractivity contribution in [2.24, 2.45) is 14.7 Å². The van der Waals surface area contributed by atoms with Crippen LogP contribution in [0.3, 0.4) is 0 Å². The lowest BCUT2D eigenvalue weighted by Crippen LogP contribution is -2.52. The van der Waals surface area contributed by atoms with Gasteiger partial charge in [-0.25, -0.2) is 30.7 Å². The Hall–Kier alpha value is -4.31. The van der Waals surface area contributed by atoms with E-state index in [0.29, 0.717) is 16.1 Å². The predicted molar refractivity (Wildman–Crippen MR) is 211 cm³/mol. The topological polar surface area (TPSA) is 278 Å². The van der Waals surface area contributed by atoms with Gasteiger partial charge in [0, 0.05) is 43.2 Å². The Kier molecular flexibility index (Phi) is 10.9. The van der Waals surface area contributed by atoms with Crippen LogP contribution in [-0.4, -0.2) is 101 Å². The Morgan fingerprint density at radius 1 is 1.00 bits per heavy atom. The summed E-state index contributed by atoms with van der Waals surface area (Å²) in [6, 6.07) is 2.75. The van der Waals surface area contributed by atoms with Gasteiger partial charge >= 0.3 is 5.97 Å². The molecule has 3 aliphatic heterocycles. The number of aliphatic hydroxyl groups excluding tert-OH is 1. The molecule has 1 amide bonds. The average molecular weight is 920 g/mol. The summed E-state index contributed by atoms with van der Waals surface area (Å²) in [7, 11) is -17.9. The number of carbonyl (C=O) groups is 2. The molecule has 2 atom stereocenters. The number of rotatable bonds is 13. The van der Waals surface area contributed by atoms with Crippen molar-refractivity contribution in [1.82, 2.24) is 13.9 Å². The molecule has 4 aliphatic rings. The highest BCUT2D eigenvalue weighted by atomic mass is 32.2. The summed E-state index contributed by atoms with van der Waals surface area (Å²) in [5.74, 6) is -4.73. The second-order valence-corrected chi connectivity index (χ2v) is 22.6. The molecule has 0 bridgehead atoms. The summed E-state index contributed by atoms with van der Waals surface area (Å²) in [6.07, 6.45) is 4.04. The van der Waals surface area contributed by atoms with Gasteiger partial charge in [-0.3, -0.25) is 4.79 Å². The quantitative estimate of drug-likeness (QED) is 0.165. The Labute approximate surface area is 340 Å². The van der Waals surface area contributed by atoms with Gasteiger partial charge in [0.2, 0.25) is 20.0 Å². The lowest BCUT2D eigenvalue weighted by molar-refractivity contribution is -0.139. The minimum Gasteiger partial charge on any atom is -0.511 e. The number of hydrogen-bond donors (Lipinski definition) is 5. The molecular formula is C32H34FN7O12S6. The van der Waals surface area contributed by atoms with Gasteiger partial charge in [-0.2, -0.15) is 21.1 Å². The summed E-state index contributed by atoms with van der Waals surface area (Å²) < 4.78 is 128. The largest absolute Gasteiger partial charge is 0.511 e. The van der Waals surface area contributed by atoms with Crippen LogP contribution in [-0.2, 0) is 69.3 Å². The highest BCUT2D eigenvalue weighted by molar-refractivity contribution is 7.91. The second-order valence-electron chi connectivity index (χ2n) is 13.9. The minimum atomic E-state index is -4.79.